The third-order valence-electron chi connectivity index (χ3n) is 3.73. The van der Waals surface area contributed by atoms with Gasteiger partial charge in [0.05, 0.1) is 6.04 Å². The molecular weight excluding hydrogens is 330 g/mol. The van der Waals surface area contributed by atoms with Crippen LogP contribution < -0.4 is 5.73 Å². The van der Waals surface area contributed by atoms with Crippen LogP contribution in [0.2, 0.25) is 0 Å². The van der Waals surface area contributed by atoms with Gasteiger partial charge in [0.1, 0.15) is 0 Å². The fourth-order valence-corrected chi connectivity index (χ4v) is 2.77. The van der Waals surface area contributed by atoms with Crippen LogP contribution in [0.3, 0.4) is 0 Å². The van der Waals surface area contributed by atoms with E-state index in [-0.39, 0.29) is 6.04 Å². The zero-order chi connectivity index (χ0) is 15.6. The first-order valence-corrected chi connectivity index (χ1v) is 8.03. The summed E-state index contributed by atoms with van der Waals surface area (Å²) in [5.41, 5.74) is 8.76. The van der Waals surface area contributed by atoms with Gasteiger partial charge in [0.15, 0.2) is 5.82 Å². The summed E-state index contributed by atoms with van der Waals surface area (Å²) < 4.78 is 2.83. The van der Waals surface area contributed by atoms with E-state index in [1.807, 2.05) is 23.7 Å². The van der Waals surface area contributed by atoms with Gasteiger partial charge in [-0.3, -0.25) is 0 Å². The molecule has 6 heteroatoms. The molecular formula is C15H22BrN5. The van der Waals surface area contributed by atoms with Gasteiger partial charge in [-0.15, -0.1) is 5.10 Å². The molecule has 2 rings (SSSR count). The lowest BCUT2D eigenvalue weighted by atomic mass is 10.0. The molecule has 1 heterocycles. The maximum atomic E-state index is 6.04. The van der Waals surface area contributed by atoms with Crippen molar-refractivity contribution in [1.82, 2.24) is 20.2 Å². The molecule has 0 aliphatic heterocycles. The molecule has 0 radical (unpaired) electrons. The molecule has 114 valence electrons. The molecule has 0 aliphatic carbocycles. The van der Waals surface area contributed by atoms with Crippen molar-refractivity contribution in [2.75, 3.05) is 5.73 Å². The SMILES string of the molecule is Cc1c(N)cc(Br)cc1-c1nnnn1C(C)CCC(C)C. The predicted octanol–water partition coefficient (Wildman–Crippen LogP) is 3.99. The molecule has 1 aromatic carbocycles. The molecule has 1 atom stereocenters. The molecule has 0 fully saturated rings. The van der Waals surface area contributed by atoms with E-state index in [1.165, 1.54) is 0 Å². The van der Waals surface area contributed by atoms with E-state index in [1.54, 1.807) is 0 Å². The molecule has 0 amide bonds. The molecule has 2 N–H and O–H groups in total. The van der Waals surface area contributed by atoms with Crippen molar-refractivity contribution in [2.24, 2.45) is 5.92 Å². The van der Waals surface area contributed by atoms with Gasteiger partial charge in [0.25, 0.3) is 0 Å². The molecule has 0 bridgehead atoms. The van der Waals surface area contributed by atoms with Crippen LogP contribution in [0, 0.1) is 12.8 Å². The van der Waals surface area contributed by atoms with Crippen molar-refractivity contribution in [3.8, 4) is 11.4 Å². The van der Waals surface area contributed by atoms with Crippen LogP contribution in [0.25, 0.3) is 11.4 Å². The average molecular weight is 352 g/mol. The summed E-state index contributed by atoms with van der Waals surface area (Å²) in [5, 5.41) is 12.2. The Hall–Kier alpha value is -1.43. The number of hydrogen-bond acceptors (Lipinski definition) is 4. The predicted molar refractivity (Wildman–Crippen MR) is 88.9 cm³/mol. The number of nitrogens with two attached hydrogens (primary N) is 1. The summed E-state index contributed by atoms with van der Waals surface area (Å²) in [5.74, 6) is 1.45. The zero-order valence-corrected chi connectivity index (χ0v) is 14.6. The van der Waals surface area contributed by atoms with Gasteiger partial charge in [0, 0.05) is 15.7 Å². The lowest BCUT2D eigenvalue weighted by Gasteiger charge is -2.16. The van der Waals surface area contributed by atoms with E-state index in [4.69, 9.17) is 5.73 Å². The van der Waals surface area contributed by atoms with Crippen LogP contribution in [-0.4, -0.2) is 20.2 Å². The molecule has 1 aromatic heterocycles. The van der Waals surface area contributed by atoms with Gasteiger partial charge >= 0.3 is 0 Å². The van der Waals surface area contributed by atoms with Crippen molar-refractivity contribution in [2.45, 2.75) is 46.6 Å². The number of anilines is 1. The van der Waals surface area contributed by atoms with E-state index in [2.05, 4.69) is 52.2 Å². The second-order valence-corrected chi connectivity index (χ2v) is 6.85. The summed E-state index contributed by atoms with van der Waals surface area (Å²) in [6, 6.07) is 4.18. The summed E-state index contributed by atoms with van der Waals surface area (Å²) in [6.45, 7) is 8.60. The third kappa shape index (κ3) is 3.61. The van der Waals surface area contributed by atoms with Crippen molar-refractivity contribution in [3.63, 3.8) is 0 Å². The molecule has 0 saturated heterocycles. The van der Waals surface area contributed by atoms with Crippen molar-refractivity contribution in [1.29, 1.82) is 0 Å². The lowest BCUT2D eigenvalue weighted by molar-refractivity contribution is 0.406. The minimum absolute atomic E-state index is 0.261. The number of aromatic nitrogens is 4. The first kappa shape index (κ1) is 15.9. The van der Waals surface area contributed by atoms with Crippen molar-refractivity contribution in [3.05, 3.63) is 22.2 Å². The third-order valence-corrected chi connectivity index (χ3v) is 4.18. The molecule has 2 aromatic rings. The van der Waals surface area contributed by atoms with E-state index >= 15 is 0 Å². The summed E-state index contributed by atoms with van der Waals surface area (Å²) in [4.78, 5) is 0. The first-order valence-electron chi connectivity index (χ1n) is 7.24. The number of rotatable bonds is 5. The number of benzene rings is 1. The highest BCUT2D eigenvalue weighted by Gasteiger charge is 2.18. The van der Waals surface area contributed by atoms with Gasteiger partial charge in [-0.1, -0.05) is 29.8 Å². The first-order chi connectivity index (χ1) is 9.90. The van der Waals surface area contributed by atoms with Crippen molar-refractivity contribution < 1.29 is 0 Å². The highest BCUT2D eigenvalue weighted by Crippen LogP contribution is 2.31. The molecule has 0 spiro atoms. The maximum Gasteiger partial charge on any atom is 0.182 e. The summed E-state index contributed by atoms with van der Waals surface area (Å²) >= 11 is 3.49. The number of halogens is 1. The molecule has 1 unspecified atom stereocenters. The minimum atomic E-state index is 0.261. The van der Waals surface area contributed by atoms with E-state index in [9.17, 15) is 0 Å². The van der Waals surface area contributed by atoms with E-state index < -0.39 is 0 Å². The topological polar surface area (TPSA) is 69.6 Å². The lowest BCUT2D eigenvalue weighted by Crippen LogP contribution is -2.11. The van der Waals surface area contributed by atoms with Crippen LogP contribution >= 0.6 is 15.9 Å². The van der Waals surface area contributed by atoms with Gasteiger partial charge in [-0.2, -0.15) is 0 Å². The highest BCUT2D eigenvalue weighted by atomic mass is 79.9. The van der Waals surface area contributed by atoms with Crippen LogP contribution in [0.4, 0.5) is 5.69 Å². The molecule has 5 nitrogen and oxygen atoms in total. The second kappa shape index (κ2) is 6.56. The quantitative estimate of drug-likeness (QED) is 0.826. The normalized spacial score (nSPS) is 12.9. The Bertz CT molecular complexity index is 621. The Kier molecular flexibility index (Phi) is 4.98. The van der Waals surface area contributed by atoms with E-state index in [0.29, 0.717) is 5.92 Å². The second-order valence-electron chi connectivity index (χ2n) is 5.93. The monoisotopic (exact) mass is 351 g/mol. The van der Waals surface area contributed by atoms with Gasteiger partial charge in [0.2, 0.25) is 0 Å². The Morgan fingerprint density at radius 1 is 1.24 bits per heavy atom. The molecule has 0 saturated carbocycles. The minimum Gasteiger partial charge on any atom is -0.398 e. The fourth-order valence-electron chi connectivity index (χ4n) is 2.30. The highest BCUT2D eigenvalue weighted by molar-refractivity contribution is 9.10. The van der Waals surface area contributed by atoms with Gasteiger partial charge in [-0.25, -0.2) is 4.68 Å². The van der Waals surface area contributed by atoms with Crippen LogP contribution in [0.5, 0.6) is 0 Å². The number of nitrogen functional groups attached to an aromatic ring is 1. The zero-order valence-electron chi connectivity index (χ0n) is 13.0. The van der Waals surface area contributed by atoms with Crippen LogP contribution in [-0.2, 0) is 0 Å². The Morgan fingerprint density at radius 3 is 2.62 bits per heavy atom. The van der Waals surface area contributed by atoms with Crippen molar-refractivity contribution >= 4 is 21.6 Å². The molecule has 0 aliphatic rings. The number of tetrazole rings is 1. The number of nitrogens with zero attached hydrogens (tertiary/aromatic N) is 4. The largest absolute Gasteiger partial charge is 0.398 e. The van der Waals surface area contributed by atoms with Gasteiger partial charge in [-0.05, 0) is 60.7 Å². The van der Waals surface area contributed by atoms with Gasteiger partial charge < -0.3 is 5.73 Å². The Morgan fingerprint density at radius 2 is 1.95 bits per heavy atom. The Labute approximate surface area is 134 Å². The van der Waals surface area contributed by atoms with E-state index in [0.717, 1.165) is 40.0 Å². The summed E-state index contributed by atoms with van der Waals surface area (Å²) in [6.07, 6.45) is 2.21. The fraction of sp³-hybridized carbons (Fsp3) is 0.533. The standard InChI is InChI=1S/C15H22BrN5/c1-9(2)5-6-10(3)21-15(18-19-20-21)13-7-12(16)8-14(17)11(13)4/h7-10H,5-6,17H2,1-4H3. The average Bonchev–Trinajstić information content (AvgIpc) is 2.89. The van der Waals surface area contributed by atoms with Crippen LogP contribution in [0.15, 0.2) is 16.6 Å². The smallest absolute Gasteiger partial charge is 0.182 e. The maximum absolute atomic E-state index is 6.04. The number of hydrogen-bond donors (Lipinski definition) is 1. The molecule has 21 heavy (non-hydrogen) atoms. The van der Waals surface area contributed by atoms with Crippen LogP contribution in [0.1, 0.15) is 45.2 Å². The summed E-state index contributed by atoms with van der Waals surface area (Å²) in [7, 11) is 0. The Balaban J connectivity index is 2.36.